The molecular weight excluding hydrogens is 370 g/mol. The summed E-state index contributed by atoms with van der Waals surface area (Å²) in [7, 11) is 0. The Bertz CT molecular complexity index is 1340. The number of aromatic nitrogens is 3. The Kier molecular flexibility index (Phi) is 3.89. The van der Waals surface area contributed by atoms with Crippen molar-refractivity contribution in [3.63, 3.8) is 0 Å². The number of halogens is 1. The average molecular weight is 384 g/mol. The zero-order chi connectivity index (χ0) is 19.3. The number of fused-ring (bicyclic) bond motifs is 2. The number of aryl methyl sites for hydroxylation is 1. The summed E-state index contributed by atoms with van der Waals surface area (Å²) < 4.78 is 1.03. The number of phenolic OH excluding ortho intramolecular Hbond substituents is 1. The van der Waals surface area contributed by atoms with Crippen molar-refractivity contribution in [1.82, 2.24) is 14.8 Å². The van der Waals surface area contributed by atoms with Gasteiger partial charge in [0.25, 0.3) is 11.4 Å². The summed E-state index contributed by atoms with van der Waals surface area (Å²) >= 11 is 5.95. The van der Waals surface area contributed by atoms with Crippen LogP contribution >= 0.6 is 11.6 Å². The standard InChI is InChI=1S/C19H14ClN3O4/c1-9-6-10(2-5-14(9)24)8-23-19(27)15-16(18(26)22-23)21-13-7-11(20)3-4-12(13)17(15)25/h2-7,24H,8H2,1H3,(H,21,25)(H,22,26). The number of pyridine rings is 1. The molecule has 0 aliphatic heterocycles. The first kappa shape index (κ1) is 17.1. The molecule has 0 amide bonds. The van der Waals surface area contributed by atoms with Crippen LogP contribution in [0.15, 0.2) is 46.0 Å². The molecule has 3 N–H and O–H groups in total. The van der Waals surface area contributed by atoms with Crippen LogP contribution in [0.3, 0.4) is 0 Å². The molecule has 7 nitrogen and oxygen atoms in total. The lowest BCUT2D eigenvalue weighted by atomic mass is 10.1. The maximum atomic E-state index is 12.9. The van der Waals surface area contributed by atoms with Gasteiger partial charge in [-0.2, -0.15) is 0 Å². The molecule has 2 aromatic heterocycles. The van der Waals surface area contributed by atoms with Gasteiger partial charge in [0.1, 0.15) is 16.7 Å². The second-order valence-corrected chi connectivity index (χ2v) is 6.74. The first-order valence-electron chi connectivity index (χ1n) is 8.09. The Morgan fingerprint density at radius 1 is 1.15 bits per heavy atom. The van der Waals surface area contributed by atoms with Crippen molar-refractivity contribution < 1.29 is 10.2 Å². The van der Waals surface area contributed by atoms with Gasteiger partial charge in [-0.25, -0.2) is 4.68 Å². The van der Waals surface area contributed by atoms with Crippen molar-refractivity contribution in [2.75, 3.05) is 0 Å². The zero-order valence-corrected chi connectivity index (χ0v) is 14.9. The van der Waals surface area contributed by atoms with Crippen molar-refractivity contribution in [3.8, 4) is 11.6 Å². The van der Waals surface area contributed by atoms with Gasteiger partial charge in [0.05, 0.1) is 12.1 Å². The summed E-state index contributed by atoms with van der Waals surface area (Å²) in [5.41, 5.74) is 0.593. The number of nitrogens with one attached hydrogen (secondary N) is 1. The lowest BCUT2D eigenvalue weighted by molar-refractivity contribution is 0.431. The third kappa shape index (κ3) is 2.82. The highest BCUT2D eigenvalue weighted by molar-refractivity contribution is 6.31. The topological polar surface area (TPSA) is 108 Å². The largest absolute Gasteiger partial charge is 0.508 e. The smallest absolute Gasteiger partial charge is 0.280 e. The number of aromatic amines is 1. The number of benzene rings is 2. The maximum Gasteiger partial charge on any atom is 0.280 e. The Labute approximate surface area is 157 Å². The summed E-state index contributed by atoms with van der Waals surface area (Å²) in [6, 6.07) is 9.49. The maximum absolute atomic E-state index is 12.9. The van der Waals surface area contributed by atoms with E-state index in [1.54, 1.807) is 31.2 Å². The van der Waals surface area contributed by atoms with Gasteiger partial charge in [0, 0.05) is 10.4 Å². The third-order valence-electron chi connectivity index (χ3n) is 4.44. The summed E-state index contributed by atoms with van der Waals surface area (Å²) in [5, 5.41) is 24.4. The van der Waals surface area contributed by atoms with E-state index in [9.17, 15) is 19.8 Å². The molecule has 0 fully saturated rings. The quantitative estimate of drug-likeness (QED) is 0.461. The average Bonchev–Trinajstić information content (AvgIpc) is 2.62. The molecule has 0 aliphatic rings. The lowest BCUT2D eigenvalue weighted by Gasteiger charge is -2.10. The van der Waals surface area contributed by atoms with Crippen LogP contribution in [-0.4, -0.2) is 25.0 Å². The predicted octanol–water partition coefficient (Wildman–Crippen LogP) is 2.66. The molecule has 0 spiro atoms. The van der Waals surface area contributed by atoms with Gasteiger partial charge < -0.3 is 15.2 Å². The number of nitrogens with zero attached hydrogens (tertiary/aromatic N) is 2. The SMILES string of the molecule is Cc1cc(Cn2nc(O)c3[nH]c4cc(Cl)ccc4c(=O)c3c2=O)ccc1O. The van der Waals surface area contributed by atoms with Crippen LogP contribution in [0, 0.1) is 6.92 Å². The molecule has 0 aliphatic carbocycles. The van der Waals surface area contributed by atoms with Crippen LogP contribution in [0.4, 0.5) is 0 Å². The van der Waals surface area contributed by atoms with Crippen molar-refractivity contribution in [1.29, 1.82) is 0 Å². The van der Waals surface area contributed by atoms with Gasteiger partial charge in [-0.05, 0) is 42.3 Å². The summed E-state index contributed by atoms with van der Waals surface area (Å²) in [6.45, 7) is 1.77. The van der Waals surface area contributed by atoms with Crippen molar-refractivity contribution in [2.45, 2.75) is 13.5 Å². The predicted molar refractivity (Wildman–Crippen MR) is 103 cm³/mol. The fourth-order valence-electron chi connectivity index (χ4n) is 3.07. The highest BCUT2D eigenvalue weighted by Crippen LogP contribution is 2.22. The second kappa shape index (κ2) is 6.14. The van der Waals surface area contributed by atoms with E-state index in [0.29, 0.717) is 27.1 Å². The van der Waals surface area contributed by atoms with E-state index < -0.39 is 16.9 Å². The van der Waals surface area contributed by atoms with Crippen LogP contribution < -0.4 is 11.0 Å². The molecule has 0 atom stereocenters. The van der Waals surface area contributed by atoms with Gasteiger partial charge in [-0.1, -0.05) is 23.7 Å². The zero-order valence-electron chi connectivity index (χ0n) is 14.2. The Morgan fingerprint density at radius 2 is 1.93 bits per heavy atom. The van der Waals surface area contributed by atoms with Crippen LogP contribution in [0.5, 0.6) is 11.6 Å². The first-order valence-corrected chi connectivity index (χ1v) is 8.47. The first-order chi connectivity index (χ1) is 12.8. The summed E-state index contributed by atoms with van der Waals surface area (Å²) in [6.07, 6.45) is 0. The van der Waals surface area contributed by atoms with Crippen molar-refractivity contribution >= 4 is 33.4 Å². The Hall–Kier alpha value is -3.32. The summed E-state index contributed by atoms with van der Waals surface area (Å²) in [5.74, 6) is -0.318. The molecule has 2 aromatic carbocycles. The van der Waals surface area contributed by atoms with E-state index >= 15 is 0 Å². The molecular formula is C19H14ClN3O4. The summed E-state index contributed by atoms with van der Waals surface area (Å²) in [4.78, 5) is 28.6. The molecule has 2 heterocycles. The van der Waals surface area contributed by atoms with Gasteiger partial charge in [-0.3, -0.25) is 9.59 Å². The van der Waals surface area contributed by atoms with Gasteiger partial charge in [-0.15, -0.1) is 5.10 Å². The fourth-order valence-corrected chi connectivity index (χ4v) is 3.24. The van der Waals surface area contributed by atoms with Crippen LogP contribution in [0.1, 0.15) is 11.1 Å². The highest BCUT2D eigenvalue weighted by Gasteiger charge is 2.16. The molecule has 0 bridgehead atoms. The molecule has 4 aromatic rings. The van der Waals surface area contributed by atoms with E-state index in [1.807, 2.05) is 0 Å². The third-order valence-corrected chi connectivity index (χ3v) is 4.68. The second-order valence-electron chi connectivity index (χ2n) is 6.30. The molecule has 0 saturated carbocycles. The van der Waals surface area contributed by atoms with Crippen molar-refractivity contribution in [3.05, 3.63) is 73.1 Å². The minimum Gasteiger partial charge on any atom is -0.508 e. The van der Waals surface area contributed by atoms with Gasteiger partial charge in [0.15, 0.2) is 0 Å². The minimum atomic E-state index is -0.619. The number of phenols is 1. The van der Waals surface area contributed by atoms with E-state index in [1.165, 1.54) is 12.1 Å². The number of rotatable bonds is 2. The van der Waals surface area contributed by atoms with Crippen LogP contribution in [-0.2, 0) is 6.54 Å². The number of aromatic hydroxyl groups is 2. The van der Waals surface area contributed by atoms with E-state index in [2.05, 4.69) is 10.1 Å². The molecule has 136 valence electrons. The van der Waals surface area contributed by atoms with Gasteiger partial charge >= 0.3 is 0 Å². The molecule has 4 rings (SSSR count). The van der Waals surface area contributed by atoms with Gasteiger partial charge in [0.2, 0.25) is 5.43 Å². The monoisotopic (exact) mass is 383 g/mol. The Morgan fingerprint density at radius 3 is 2.67 bits per heavy atom. The van der Waals surface area contributed by atoms with Crippen LogP contribution in [0.25, 0.3) is 21.8 Å². The number of H-pyrrole nitrogens is 1. The van der Waals surface area contributed by atoms with E-state index in [4.69, 9.17) is 11.6 Å². The number of hydrogen-bond acceptors (Lipinski definition) is 5. The van der Waals surface area contributed by atoms with E-state index in [0.717, 1.165) is 4.68 Å². The fraction of sp³-hybridized carbons (Fsp3) is 0.105. The van der Waals surface area contributed by atoms with Crippen molar-refractivity contribution in [2.24, 2.45) is 0 Å². The lowest BCUT2D eigenvalue weighted by Crippen LogP contribution is -2.28. The molecule has 0 saturated heterocycles. The number of hydrogen-bond donors (Lipinski definition) is 3. The minimum absolute atomic E-state index is 0.0297. The van der Waals surface area contributed by atoms with Crippen LogP contribution in [0.2, 0.25) is 5.02 Å². The molecule has 8 heteroatoms. The highest BCUT2D eigenvalue weighted by atomic mass is 35.5. The molecule has 0 radical (unpaired) electrons. The molecule has 0 unspecified atom stereocenters. The van der Waals surface area contributed by atoms with E-state index in [-0.39, 0.29) is 23.2 Å². The molecule has 27 heavy (non-hydrogen) atoms. The Balaban J connectivity index is 1.97. The normalized spacial score (nSPS) is 11.3.